The fourth-order valence-electron chi connectivity index (χ4n) is 9.53. The van der Waals surface area contributed by atoms with Gasteiger partial charge in [-0.25, -0.2) is 0 Å². The van der Waals surface area contributed by atoms with E-state index in [4.69, 9.17) is 9.47 Å². The fourth-order valence-corrected chi connectivity index (χ4v) is 9.53. The van der Waals surface area contributed by atoms with Crippen LogP contribution in [0.4, 0.5) is 0 Å². The first-order valence-corrected chi connectivity index (χ1v) is 15.9. The number of aliphatic hydroxyl groups is 8. The van der Waals surface area contributed by atoms with Crippen LogP contribution in [-0.4, -0.2) is 113 Å². The maximum atomic E-state index is 13.8. The Kier molecular flexibility index (Phi) is 8.59. The smallest absolute Gasteiger partial charge is 0.186 e. The average molecular weight is 613 g/mol. The van der Waals surface area contributed by atoms with Crippen molar-refractivity contribution in [2.75, 3.05) is 6.61 Å². The van der Waals surface area contributed by atoms with Crippen LogP contribution in [0, 0.1) is 28.6 Å². The Labute approximate surface area is 253 Å². The van der Waals surface area contributed by atoms with Crippen molar-refractivity contribution in [2.24, 2.45) is 28.6 Å². The molecule has 0 radical (unpaired) electrons. The lowest BCUT2D eigenvalue weighted by molar-refractivity contribution is -0.297. The second-order valence-electron chi connectivity index (χ2n) is 15.5. The first-order valence-electron chi connectivity index (χ1n) is 15.9. The van der Waals surface area contributed by atoms with Gasteiger partial charge in [-0.3, -0.25) is 4.79 Å². The van der Waals surface area contributed by atoms with Gasteiger partial charge in [0.1, 0.15) is 18.3 Å². The van der Waals surface area contributed by atoms with Gasteiger partial charge in [-0.05, 0) is 101 Å². The van der Waals surface area contributed by atoms with Crippen molar-refractivity contribution in [2.45, 2.75) is 146 Å². The molecule has 11 nitrogen and oxygen atoms in total. The molecule has 5 aliphatic rings. The van der Waals surface area contributed by atoms with Crippen molar-refractivity contribution in [3.8, 4) is 0 Å². The van der Waals surface area contributed by atoms with Crippen LogP contribution >= 0.6 is 0 Å². The molecule has 0 aromatic heterocycles. The molecule has 5 rings (SSSR count). The monoisotopic (exact) mass is 612 g/mol. The summed E-state index contributed by atoms with van der Waals surface area (Å²) in [7, 11) is 0. The van der Waals surface area contributed by atoms with Crippen molar-refractivity contribution in [1.82, 2.24) is 0 Å². The average Bonchev–Trinajstić information content (AvgIpc) is 3.20. The van der Waals surface area contributed by atoms with E-state index in [1.807, 2.05) is 13.8 Å². The molecule has 246 valence electrons. The quantitative estimate of drug-likeness (QED) is 0.197. The van der Waals surface area contributed by atoms with E-state index in [0.29, 0.717) is 37.7 Å². The Morgan fingerprint density at radius 1 is 1.02 bits per heavy atom. The number of rotatable bonds is 7. The minimum atomic E-state index is -1.52. The predicted molar refractivity (Wildman–Crippen MR) is 153 cm³/mol. The highest BCUT2D eigenvalue weighted by Gasteiger charge is 2.69. The number of hydrogen-bond acceptors (Lipinski definition) is 11. The SMILES string of the molecule is CC(C)(O)CCC(O)[C@](C)(O)[C@H]1CC[C@@]2(O)C3=CC(=O)C4CC(O[C@@H]5OC[C@@H](O)[C@H](O)[C@H]5O)C(O)C[C@]4(C)[C@H]3CC[C@]12C. The predicted octanol–water partition coefficient (Wildman–Crippen LogP) is 0.317. The van der Waals surface area contributed by atoms with E-state index in [0.717, 1.165) is 0 Å². The molecule has 4 fully saturated rings. The van der Waals surface area contributed by atoms with Crippen LogP contribution in [-0.2, 0) is 14.3 Å². The van der Waals surface area contributed by atoms with Gasteiger partial charge in [-0.15, -0.1) is 0 Å². The van der Waals surface area contributed by atoms with Crippen LogP contribution in [0.15, 0.2) is 11.6 Å². The van der Waals surface area contributed by atoms with Crippen molar-refractivity contribution in [1.29, 1.82) is 0 Å². The summed E-state index contributed by atoms with van der Waals surface area (Å²) in [5, 5.41) is 86.8. The van der Waals surface area contributed by atoms with Crippen molar-refractivity contribution >= 4 is 5.78 Å². The summed E-state index contributed by atoms with van der Waals surface area (Å²) >= 11 is 0. The molecule has 1 saturated heterocycles. The number of aliphatic hydroxyl groups excluding tert-OH is 5. The third-order valence-corrected chi connectivity index (χ3v) is 12.3. The largest absolute Gasteiger partial charge is 0.390 e. The molecule has 43 heavy (non-hydrogen) atoms. The molecule has 0 amide bonds. The van der Waals surface area contributed by atoms with E-state index in [9.17, 15) is 45.6 Å². The lowest BCUT2D eigenvalue weighted by Gasteiger charge is -2.61. The van der Waals surface area contributed by atoms with Gasteiger partial charge in [0.2, 0.25) is 0 Å². The molecule has 1 heterocycles. The van der Waals surface area contributed by atoms with Gasteiger partial charge < -0.3 is 50.3 Å². The molecule has 3 saturated carbocycles. The van der Waals surface area contributed by atoms with E-state index in [2.05, 4.69) is 0 Å². The summed E-state index contributed by atoms with van der Waals surface area (Å²) in [4.78, 5) is 13.8. The van der Waals surface area contributed by atoms with Gasteiger partial charge in [-0.1, -0.05) is 13.8 Å². The van der Waals surface area contributed by atoms with Gasteiger partial charge >= 0.3 is 0 Å². The summed E-state index contributed by atoms with van der Waals surface area (Å²) in [6.07, 6.45) is -3.99. The van der Waals surface area contributed by atoms with Crippen LogP contribution in [0.3, 0.4) is 0 Å². The number of ketones is 1. The van der Waals surface area contributed by atoms with Crippen LogP contribution in [0.5, 0.6) is 0 Å². The number of allylic oxidation sites excluding steroid dienone is 1. The van der Waals surface area contributed by atoms with Crippen molar-refractivity contribution < 1.29 is 55.1 Å². The molecule has 4 aliphatic carbocycles. The standard InChI is InChI=1S/C32H52O11/c1-28(2,39)9-8-24(36)31(5,40)23-7-11-32(41)17-12-19(33)18-13-22(43-27-26(38)25(37)21(35)15-42-27)20(34)14-29(18,3)16(17)6-10-30(23,32)4/h12,16,18,20-27,34-41H,6-11,13-15H2,1-5H3/t16-,18?,20?,21+,22?,23-,24?,25-,26+,27-,29+,30+,31+,32+/m0/s1. The third kappa shape index (κ3) is 5.35. The maximum absolute atomic E-state index is 13.8. The highest BCUT2D eigenvalue weighted by atomic mass is 16.7. The highest BCUT2D eigenvalue weighted by Crippen LogP contribution is 2.68. The zero-order chi connectivity index (χ0) is 31.9. The molecule has 11 heteroatoms. The van der Waals surface area contributed by atoms with E-state index in [-0.39, 0.29) is 37.6 Å². The number of ether oxygens (including phenoxy) is 2. The third-order valence-electron chi connectivity index (χ3n) is 12.3. The molecule has 4 unspecified atom stereocenters. The Morgan fingerprint density at radius 3 is 2.35 bits per heavy atom. The van der Waals surface area contributed by atoms with Gasteiger partial charge in [0.25, 0.3) is 0 Å². The number of carbonyl (C=O) groups excluding carboxylic acids is 1. The second-order valence-corrected chi connectivity index (χ2v) is 15.5. The maximum Gasteiger partial charge on any atom is 0.186 e. The zero-order valence-electron chi connectivity index (χ0n) is 26.0. The van der Waals surface area contributed by atoms with Gasteiger partial charge in [0, 0.05) is 11.3 Å². The lowest BCUT2D eigenvalue weighted by Crippen LogP contribution is -2.63. The normalized spacial score (nSPS) is 48.9. The van der Waals surface area contributed by atoms with Crippen LogP contribution in [0.1, 0.15) is 86.0 Å². The Bertz CT molecular complexity index is 1100. The minimum absolute atomic E-state index is 0.169. The molecule has 8 N–H and O–H groups in total. The summed E-state index contributed by atoms with van der Waals surface area (Å²) in [6.45, 7) is 8.61. The molecule has 0 bridgehead atoms. The summed E-state index contributed by atoms with van der Waals surface area (Å²) < 4.78 is 11.3. The Hall–Kier alpha value is -0.990. The van der Waals surface area contributed by atoms with Crippen LogP contribution < -0.4 is 0 Å². The molecule has 14 atom stereocenters. The van der Waals surface area contributed by atoms with Gasteiger partial charge in [-0.2, -0.15) is 0 Å². The number of hydrogen-bond donors (Lipinski definition) is 8. The highest BCUT2D eigenvalue weighted by molar-refractivity contribution is 5.95. The van der Waals surface area contributed by atoms with Gasteiger partial charge in [0.15, 0.2) is 12.1 Å². The fraction of sp³-hybridized carbons (Fsp3) is 0.906. The molecule has 0 spiro atoms. The first-order chi connectivity index (χ1) is 19.8. The summed E-state index contributed by atoms with van der Waals surface area (Å²) in [5.74, 6) is -1.33. The van der Waals surface area contributed by atoms with Crippen LogP contribution in [0.2, 0.25) is 0 Å². The summed E-state index contributed by atoms with van der Waals surface area (Å²) in [5.41, 5.74) is -4.73. The molecular weight excluding hydrogens is 560 g/mol. The molecular formula is C32H52O11. The van der Waals surface area contributed by atoms with Crippen LogP contribution in [0.25, 0.3) is 0 Å². The topological polar surface area (TPSA) is 197 Å². The van der Waals surface area contributed by atoms with E-state index < -0.39 is 82.4 Å². The van der Waals surface area contributed by atoms with E-state index >= 15 is 0 Å². The summed E-state index contributed by atoms with van der Waals surface area (Å²) in [6, 6.07) is 0. The second kappa shape index (κ2) is 11.1. The molecule has 0 aromatic rings. The molecule has 0 aromatic carbocycles. The van der Waals surface area contributed by atoms with Crippen molar-refractivity contribution in [3.05, 3.63) is 11.6 Å². The van der Waals surface area contributed by atoms with Crippen molar-refractivity contribution in [3.63, 3.8) is 0 Å². The van der Waals surface area contributed by atoms with E-state index in [1.165, 1.54) is 0 Å². The zero-order valence-corrected chi connectivity index (χ0v) is 26.0. The molecule has 1 aliphatic heterocycles. The number of carbonyl (C=O) groups is 1. The lowest BCUT2D eigenvalue weighted by atomic mass is 9.45. The minimum Gasteiger partial charge on any atom is -0.390 e. The number of fused-ring (bicyclic) bond motifs is 5. The van der Waals surface area contributed by atoms with E-state index in [1.54, 1.807) is 26.8 Å². The Balaban J connectivity index is 1.38. The van der Waals surface area contributed by atoms with Gasteiger partial charge in [0.05, 0.1) is 41.7 Å². The Morgan fingerprint density at radius 2 is 1.70 bits per heavy atom. The first kappa shape index (κ1) is 33.4.